The lowest BCUT2D eigenvalue weighted by molar-refractivity contribution is 0.0932. The van der Waals surface area contributed by atoms with Crippen molar-refractivity contribution in [3.8, 4) is 0 Å². The van der Waals surface area contributed by atoms with Gasteiger partial charge in [0, 0.05) is 24.7 Å². The summed E-state index contributed by atoms with van der Waals surface area (Å²) in [5, 5.41) is 8.60. The molecule has 1 atom stereocenters. The van der Waals surface area contributed by atoms with Crippen LogP contribution in [0.25, 0.3) is 0 Å². The Morgan fingerprint density at radius 2 is 1.67 bits per heavy atom. The van der Waals surface area contributed by atoms with Gasteiger partial charge >= 0.3 is 6.03 Å². The molecule has 39 heavy (non-hydrogen) atoms. The lowest BCUT2D eigenvalue weighted by Gasteiger charge is -2.22. The van der Waals surface area contributed by atoms with Crippen LogP contribution in [-0.4, -0.2) is 42.1 Å². The zero-order valence-corrected chi connectivity index (χ0v) is 23.1. The van der Waals surface area contributed by atoms with Crippen molar-refractivity contribution in [3.05, 3.63) is 118 Å². The van der Waals surface area contributed by atoms with Gasteiger partial charge in [-0.15, -0.1) is 11.3 Å². The Hall–Kier alpha value is -4.01. The molecule has 4 rings (SSSR count). The summed E-state index contributed by atoms with van der Waals surface area (Å²) < 4.78 is 5.23. The quantitative estimate of drug-likeness (QED) is 0.227. The summed E-state index contributed by atoms with van der Waals surface area (Å²) in [6, 6.07) is 27.4. The second-order valence-corrected chi connectivity index (χ2v) is 10.1. The maximum atomic E-state index is 13.3. The molecule has 0 bridgehead atoms. The van der Waals surface area contributed by atoms with E-state index in [-0.39, 0.29) is 24.5 Å². The Bertz CT molecular complexity index is 1340. The van der Waals surface area contributed by atoms with Gasteiger partial charge in [-0.05, 0) is 35.6 Å². The number of ether oxygens (including phenoxy) is 1. The third-order valence-electron chi connectivity index (χ3n) is 6.39. The predicted octanol–water partition coefficient (Wildman–Crippen LogP) is 6.10. The number of aromatic nitrogens is 1. The zero-order chi connectivity index (χ0) is 27.5. The summed E-state index contributed by atoms with van der Waals surface area (Å²) in [4.78, 5) is 32.7. The van der Waals surface area contributed by atoms with E-state index in [0.717, 1.165) is 28.8 Å². The SMILES string of the molecule is CCc1ccccc1NC(=O)N(CCOC)Cc1nc(C(=O)NC(Cc2ccccc2)c2ccccc2)cs1. The van der Waals surface area contributed by atoms with E-state index in [9.17, 15) is 9.59 Å². The molecule has 0 fully saturated rings. The van der Waals surface area contributed by atoms with Gasteiger partial charge in [0.25, 0.3) is 5.91 Å². The number of nitrogens with one attached hydrogen (secondary N) is 2. The van der Waals surface area contributed by atoms with Gasteiger partial charge in [0.2, 0.25) is 0 Å². The van der Waals surface area contributed by atoms with Gasteiger partial charge in [-0.2, -0.15) is 0 Å². The van der Waals surface area contributed by atoms with Crippen LogP contribution in [0, 0.1) is 0 Å². The average molecular weight is 543 g/mol. The molecule has 0 saturated carbocycles. The number of methoxy groups -OCH3 is 1. The van der Waals surface area contributed by atoms with Crippen LogP contribution in [0.3, 0.4) is 0 Å². The minimum absolute atomic E-state index is 0.200. The number of nitrogens with zero attached hydrogens (tertiary/aromatic N) is 2. The van der Waals surface area contributed by atoms with Crippen molar-refractivity contribution in [2.24, 2.45) is 0 Å². The molecule has 0 aliphatic heterocycles. The van der Waals surface area contributed by atoms with Crippen molar-refractivity contribution < 1.29 is 14.3 Å². The normalized spacial score (nSPS) is 11.5. The fourth-order valence-corrected chi connectivity index (χ4v) is 5.06. The third-order valence-corrected chi connectivity index (χ3v) is 7.23. The minimum atomic E-state index is -0.243. The maximum Gasteiger partial charge on any atom is 0.322 e. The first-order chi connectivity index (χ1) is 19.1. The lowest BCUT2D eigenvalue weighted by Crippen LogP contribution is -2.37. The molecule has 7 nitrogen and oxygen atoms in total. The first-order valence-corrected chi connectivity index (χ1v) is 13.9. The second kappa shape index (κ2) is 14.2. The van der Waals surface area contributed by atoms with Crippen LogP contribution >= 0.6 is 11.3 Å². The third kappa shape index (κ3) is 7.99. The molecule has 0 aliphatic rings. The molecule has 1 aromatic heterocycles. The molecule has 3 aromatic carbocycles. The van der Waals surface area contributed by atoms with Crippen molar-refractivity contribution in [2.45, 2.75) is 32.4 Å². The topological polar surface area (TPSA) is 83.6 Å². The van der Waals surface area contributed by atoms with Gasteiger partial charge in [-0.1, -0.05) is 85.8 Å². The summed E-state index contributed by atoms with van der Waals surface area (Å²) >= 11 is 1.36. The summed E-state index contributed by atoms with van der Waals surface area (Å²) in [5.41, 5.74) is 4.36. The number of carbonyl (C=O) groups is 2. The Morgan fingerprint density at radius 1 is 0.974 bits per heavy atom. The lowest BCUT2D eigenvalue weighted by atomic mass is 9.99. The molecular weight excluding hydrogens is 508 g/mol. The largest absolute Gasteiger partial charge is 0.383 e. The highest BCUT2D eigenvalue weighted by atomic mass is 32.1. The number of amides is 3. The van der Waals surface area contributed by atoms with E-state index < -0.39 is 0 Å². The van der Waals surface area contributed by atoms with Crippen molar-refractivity contribution in [1.29, 1.82) is 0 Å². The number of urea groups is 1. The Labute approximate surface area is 233 Å². The van der Waals surface area contributed by atoms with E-state index in [2.05, 4.69) is 34.7 Å². The molecule has 1 unspecified atom stereocenters. The molecule has 0 radical (unpaired) electrons. The molecule has 1 heterocycles. The van der Waals surface area contributed by atoms with Crippen molar-refractivity contribution in [2.75, 3.05) is 25.6 Å². The van der Waals surface area contributed by atoms with Crippen LogP contribution in [0.15, 0.2) is 90.3 Å². The number of para-hydroxylation sites is 1. The highest BCUT2D eigenvalue weighted by molar-refractivity contribution is 7.09. The Morgan fingerprint density at radius 3 is 2.38 bits per heavy atom. The van der Waals surface area contributed by atoms with Crippen LogP contribution in [-0.2, 0) is 24.1 Å². The van der Waals surface area contributed by atoms with Crippen LogP contribution in [0.1, 0.15) is 45.2 Å². The van der Waals surface area contributed by atoms with Crippen molar-refractivity contribution in [1.82, 2.24) is 15.2 Å². The molecule has 202 valence electrons. The summed E-state index contributed by atoms with van der Waals surface area (Å²) in [5.74, 6) is -0.243. The number of anilines is 1. The molecule has 4 aromatic rings. The van der Waals surface area contributed by atoms with Crippen LogP contribution in [0.5, 0.6) is 0 Å². The van der Waals surface area contributed by atoms with Gasteiger partial charge in [-0.3, -0.25) is 4.79 Å². The highest BCUT2D eigenvalue weighted by Gasteiger charge is 2.21. The highest BCUT2D eigenvalue weighted by Crippen LogP contribution is 2.21. The maximum absolute atomic E-state index is 13.3. The average Bonchev–Trinajstić information content (AvgIpc) is 3.45. The molecule has 8 heteroatoms. The Kier molecular flexibility index (Phi) is 10.2. The smallest absolute Gasteiger partial charge is 0.322 e. The van der Waals surface area contributed by atoms with E-state index in [1.54, 1.807) is 17.4 Å². The fourth-order valence-electron chi connectivity index (χ4n) is 4.27. The van der Waals surface area contributed by atoms with Crippen LogP contribution in [0.4, 0.5) is 10.5 Å². The monoisotopic (exact) mass is 542 g/mol. The number of thiazole rings is 1. The number of aryl methyl sites for hydroxylation is 1. The molecule has 3 amide bonds. The first kappa shape index (κ1) is 28.0. The van der Waals surface area contributed by atoms with Gasteiger partial charge in [-0.25, -0.2) is 9.78 Å². The predicted molar refractivity (Wildman–Crippen MR) is 156 cm³/mol. The van der Waals surface area contributed by atoms with E-state index in [0.29, 0.717) is 30.3 Å². The zero-order valence-electron chi connectivity index (χ0n) is 22.3. The van der Waals surface area contributed by atoms with Crippen molar-refractivity contribution >= 4 is 29.0 Å². The summed E-state index contributed by atoms with van der Waals surface area (Å²) in [6.45, 7) is 3.11. The van der Waals surface area contributed by atoms with E-state index in [4.69, 9.17) is 4.74 Å². The second-order valence-electron chi connectivity index (χ2n) is 9.11. The number of carbonyl (C=O) groups excluding carboxylic acids is 2. The fraction of sp³-hybridized carbons (Fsp3) is 0.258. The summed E-state index contributed by atoms with van der Waals surface area (Å²) in [6.07, 6.45) is 1.48. The molecule has 0 aliphatic carbocycles. The molecule has 2 N–H and O–H groups in total. The number of rotatable bonds is 12. The molecule has 0 saturated heterocycles. The minimum Gasteiger partial charge on any atom is -0.383 e. The Balaban J connectivity index is 1.45. The van der Waals surface area contributed by atoms with E-state index >= 15 is 0 Å². The first-order valence-electron chi connectivity index (χ1n) is 13.0. The molecular formula is C31H34N4O3S. The van der Waals surface area contributed by atoms with Gasteiger partial charge in [0.15, 0.2) is 0 Å². The number of hydrogen-bond acceptors (Lipinski definition) is 5. The van der Waals surface area contributed by atoms with E-state index in [1.807, 2.05) is 72.8 Å². The number of benzene rings is 3. The van der Waals surface area contributed by atoms with Crippen LogP contribution < -0.4 is 10.6 Å². The van der Waals surface area contributed by atoms with E-state index in [1.165, 1.54) is 11.3 Å². The van der Waals surface area contributed by atoms with Gasteiger partial charge < -0.3 is 20.3 Å². The number of hydrogen-bond donors (Lipinski definition) is 2. The van der Waals surface area contributed by atoms with Crippen molar-refractivity contribution in [3.63, 3.8) is 0 Å². The van der Waals surface area contributed by atoms with Gasteiger partial charge in [0.05, 0.1) is 19.2 Å². The molecule has 0 spiro atoms. The standard InChI is InChI=1S/C31H34N4O3S/c1-3-24-14-10-11-17-26(24)34-31(37)35(18-19-38-2)21-29-32-28(22-39-29)30(36)33-27(25-15-8-5-9-16-25)20-23-12-6-4-7-13-23/h4-17,22,27H,3,18-21H2,1-2H3,(H,33,36)(H,34,37). The summed E-state index contributed by atoms with van der Waals surface area (Å²) in [7, 11) is 1.60. The van der Waals surface area contributed by atoms with Gasteiger partial charge in [0.1, 0.15) is 10.7 Å². The van der Waals surface area contributed by atoms with Crippen LogP contribution in [0.2, 0.25) is 0 Å².